The molecule has 1 aromatic rings. The number of nitrogens with one attached hydrogen (secondary N) is 2. The normalized spacial score (nSPS) is 13.9. The molecule has 0 radical (unpaired) electrons. The SMILES string of the molecule is N#Cc1ccccc1S(=O)(=O)NCC(=O)OCC(=O)NCCC1=CCCCC1. The van der Waals surface area contributed by atoms with Gasteiger partial charge in [0, 0.05) is 6.54 Å². The molecule has 28 heavy (non-hydrogen) atoms. The average Bonchev–Trinajstić information content (AvgIpc) is 2.71. The molecular weight excluding hydrogens is 382 g/mol. The maximum absolute atomic E-state index is 12.2. The molecule has 0 aliphatic heterocycles. The molecule has 0 aromatic heterocycles. The first-order valence-corrected chi connectivity index (χ1v) is 10.5. The summed E-state index contributed by atoms with van der Waals surface area (Å²) in [5, 5.41) is 11.6. The van der Waals surface area contributed by atoms with Crippen LogP contribution >= 0.6 is 0 Å². The molecule has 9 heteroatoms. The number of nitrogens with zero attached hydrogens (tertiary/aromatic N) is 1. The molecule has 0 saturated heterocycles. The lowest BCUT2D eigenvalue weighted by Gasteiger charge is -2.13. The van der Waals surface area contributed by atoms with Gasteiger partial charge in [0.15, 0.2) is 6.61 Å². The van der Waals surface area contributed by atoms with E-state index in [1.54, 1.807) is 6.07 Å². The minimum Gasteiger partial charge on any atom is -0.455 e. The molecule has 8 nitrogen and oxygen atoms in total. The smallest absolute Gasteiger partial charge is 0.321 e. The van der Waals surface area contributed by atoms with E-state index < -0.39 is 35.1 Å². The first kappa shape index (κ1) is 21.6. The predicted molar refractivity (Wildman–Crippen MR) is 101 cm³/mol. The molecule has 1 amide bonds. The van der Waals surface area contributed by atoms with Crippen LogP contribution in [0.5, 0.6) is 0 Å². The third kappa shape index (κ3) is 6.79. The van der Waals surface area contributed by atoms with Gasteiger partial charge in [0.25, 0.3) is 5.91 Å². The Bertz CT molecular complexity index is 887. The molecule has 0 unspecified atom stereocenters. The van der Waals surface area contributed by atoms with Gasteiger partial charge in [-0.15, -0.1) is 0 Å². The van der Waals surface area contributed by atoms with Crippen LogP contribution in [0.2, 0.25) is 0 Å². The summed E-state index contributed by atoms with van der Waals surface area (Å²) >= 11 is 0. The molecule has 0 saturated carbocycles. The Hall–Kier alpha value is -2.70. The summed E-state index contributed by atoms with van der Waals surface area (Å²) in [6.07, 6.45) is 7.49. The summed E-state index contributed by atoms with van der Waals surface area (Å²) in [4.78, 5) is 23.2. The van der Waals surface area contributed by atoms with Gasteiger partial charge < -0.3 is 10.1 Å². The number of benzene rings is 1. The first-order valence-electron chi connectivity index (χ1n) is 9.01. The van der Waals surface area contributed by atoms with E-state index >= 15 is 0 Å². The fourth-order valence-electron chi connectivity index (χ4n) is 2.77. The topological polar surface area (TPSA) is 125 Å². The first-order chi connectivity index (χ1) is 13.4. The number of nitriles is 1. The molecule has 0 atom stereocenters. The molecule has 2 N–H and O–H groups in total. The number of hydrogen-bond acceptors (Lipinski definition) is 6. The zero-order valence-corrected chi connectivity index (χ0v) is 16.3. The van der Waals surface area contributed by atoms with E-state index in [-0.39, 0.29) is 10.5 Å². The van der Waals surface area contributed by atoms with Crippen molar-refractivity contribution in [1.82, 2.24) is 10.0 Å². The van der Waals surface area contributed by atoms with Crippen LogP contribution in [-0.2, 0) is 24.3 Å². The van der Waals surface area contributed by atoms with E-state index in [4.69, 9.17) is 10.00 Å². The second kappa shape index (κ2) is 10.6. The van der Waals surface area contributed by atoms with Gasteiger partial charge in [-0.2, -0.15) is 9.98 Å². The van der Waals surface area contributed by atoms with Crippen LogP contribution in [0.25, 0.3) is 0 Å². The van der Waals surface area contributed by atoms with Crippen molar-refractivity contribution in [2.75, 3.05) is 19.7 Å². The summed E-state index contributed by atoms with van der Waals surface area (Å²) in [5.41, 5.74) is 1.30. The number of amides is 1. The van der Waals surface area contributed by atoms with Crippen molar-refractivity contribution >= 4 is 21.9 Å². The van der Waals surface area contributed by atoms with Crippen molar-refractivity contribution in [3.05, 3.63) is 41.5 Å². The van der Waals surface area contributed by atoms with Crippen molar-refractivity contribution in [2.24, 2.45) is 0 Å². The standard InChI is InChI=1S/C19H23N3O5S/c20-12-16-8-4-5-9-17(16)28(25,26)22-13-19(24)27-14-18(23)21-11-10-15-6-2-1-3-7-15/h4-6,8-9,22H,1-3,7,10-11,13-14H2,(H,21,23). The van der Waals surface area contributed by atoms with Crippen molar-refractivity contribution in [1.29, 1.82) is 5.26 Å². The Morgan fingerprint density at radius 1 is 1.21 bits per heavy atom. The van der Waals surface area contributed by atoms with Crippen LogP contribution in [0.3, 0.4) is 0 Å². The quantitative estimate of drug-likeness (QED) is 0.472. The number of sulfonamides is 1. The Kier molecular flexibility index (Phi) is 8.17. The highest BCUT2D eigenvalue weighted by atomic mass is 32.2. The van der Waals surface area contributed by atoms with Crippen molar-refractivity contribution in [3.8, 4) is 6.07 Å². The lowest BCUT2D eigenvalue weighted by Crippen LogP contribution is -2.34. The summed E-state index contributed by atoms with van der Waals surface area (Å²) in [6, 6.07) is 7.42. The lowest BCUT2D eigenvalue weighted by molar-refractivity contribution is -0.147. The number of esters is 1. The Morgan fingerprint density at radius 3 is 2.71 bits per heavy atom. The monoisotopic (exact) mass is 405 g/mol. The van der Waals surface area contributed by atoms with Gasteiger partial charge in [-0.1, -0.05) is 23.8 Å². The largest absolute Gasteiger partial charge is 0.455 e. The highest BCUT2D eigenvalue weighted by molar-refractivity contribution is 7.89. The van der Waals surface area contributed by atoms with Crippen molar-refractivity contribution < 1.29 is 22.7 Å². The van der Waals surface area contributed by atoms with E-state index in [2.05, 4.69) is 16.1 Å². The third-order valence-corrected chi connectivity index (χ3v) is 5.68. The molecule has 2 rings (SSSR count). The number of carbonyl (C=O) groups is 2. The van der Waals surface area contributed by atoms with Crippen LogP contribution in [0, 0.1) is 11.3 Å². The fraction of sp³-hybridized carbons (Fsp3) is 0.421. The van der Waals surface area contributed by atoms with E-state index in [1.807, 2.05) is 0 Å². The van der Waals surface area contributed by atoms with Crippen LogP contribution in [-0.4, -0.2) is 40.0 Å². The molecule has 1 aromatic carbocycles. The molecule has 0 heterocycles. The molecule has 1 aliphatic carbocycles. The zero-order chi connectivity index (χ0) is 20.4. The van der Waals surface area contributed by atoms with Gasteiger partial charge in [0.1, 0.15) is 12.6 Å². The zero-order valence-electron chi connectivity index (χ0n) is 15.4. The summed E-state index contributed by atoms with van der Waals surface area (Å²) in [7, 11) is -4.04. The summed E-state index contributed by atoms with van der Waals surface area (Å²) < 4.78 is 31.2. The van der Waals surface area contributed by atoms with Crippen LogP contribution < -0.4 is 10.0 Å². The number of ether oxygens (including phenoxy) is 1. The van der Waals surface area contributed by atoms with E-state index in [9.17, 15) is 18.0 Å². The second-order valence-corrected chi connectivity index (χ2v) is 8.04. The molecule has 150 valence electrons. The highest BCUT2D eigenvalue weighted by Crippen LogP contribution is 2.19. The number of carbonyl (C=O) groups excluding carboxylic acids is 2. The minimum atomic E-state index is -4.04. The molecule has 1 aliphatic rings. The van der Waals surface area contributed by atoms with Crippen LogP contribution in [0.15, 0.2) is 40.8 Å². The second-order valence-electron chi connectivity index (χ2n) is 6.30. The van der Waals surface area contributed by atoms with Gasteiger partial charge in [0.05, 0.1) is 10.5 Å². The molecule has 0 spiro atoms. The average molecular weight is 405 g/mol. The highest BCUT2D eigenvalue weighted by Gasteiger charge is 2.19. The Morgan fingerprint density at radius 2 is 2.00 bits per heavy atom. The van der Waals surface area contributed by atoms with Gasteiger partial charge in [0.2, 0.25) is 10.0 Å². The van der Waals surface area contributed by atoms with Crippen LogP contribution in [0.1, 0.15) is 37.7 Å². The maximum Gasteiger partial charge on any atom is 0.321 e. The Labute approximate surface area is 164 Å². The van der Waals surface area contributed by atoms with Gasteiger partial charge in [-0.3, -0.25) is 9.59 Å². The van der Waals surface area contributed by atoms with Crippen molar-refractivity contribution in [2.45, 2.75) is 37.0 Å². The number of hydrogen-bond donors (Lipinski definition) is 2. The van der Waals surface area contributed by atoms with E-state index in [0.29, 0.717) is 6.54 Å². The summed E-state index contributed by atoms with van der Waals surface area (Å²) in [5.74, 6) is -1.33. The lowest BCUT2D eigenvalue weighted by atomic mass is 9.97. The minimum absolute atomic E-state index is 0.0316. The third-order valence-electron chi connectivity index (χ3n) is 4.22. The molecule has 0 fully saturated rings. The van der Waals surface area contributed by atoms with E-state index in [0.717, 1.165) is 19.3 Å². The van der Waals surface area contributed by atoms with Gasteiger partial charge in [-0.05, 0) is 44.2 Å². The fourth-order valence-corrected chi connectivity index (χ4v) is 3.89. The maximum atomic E-state index is 12.2. The molecule has 0 bridgehead atoms. The van der Waals surface area contributed by atoms with Gasteiger partial charge >= 0.3 is 5.97 Å². The number of allylic oxidation sites excluding steroid dienone is 1. The van der Waals surface area contributed by atoms with Crippen molar-refractivity contribution in [3.63, 3.8) is 0 Å². The van der Waals surface area contributed by atoms with Crippen LogP contribution in [0.4, 0.5) is 0 Å². The number of rotatable bonds is 9. The Balaban J connectivity index is 1.71. The molecular formula is C19H23N3O5S. The van der Waals surface area contributed by atoms with Gasteiger partial charge in [-0.25, -0.2) is 8.42 Å². The summed E-state index contributed by atoms with van der Waals surface area (Å²) in [6.45, 7) is -0.642. The predicted octanol–water partition coefficient (Wildman–Crippen LogP) is 1.39. The van der Waals surface area contributed by atoms with E-state index in [1.165, 1.54) is 42.7 Å².